The fourth-order valence-electron chi connectivity index (χ4n) is 2.59. The van der Waals surface area contributed by atoms with Gasteiger partial charge in [0.1, 0.15) is 12.4 Å². The standard InChI is InChI=1S/C21H30ClFO4/c1-2-3-4-5-6-7-8-15-26-20(24)13-10-14-21(25)27-16-17-18(22)11-9-12-19(17)23/h9,11-12H,2-8,10,13-16H2,1H3. The summed E-state index contributed by atoms with van der Waals surface area (Å²) in [5.74, 6) is -1.30. The van der Waals surface area contributed by atoms with Crippen molar-refractivity contribution in [1.82, 2.24) is 0 Å². The van der Waals surface area contributed by atoms with Crippen molar-refractivity contribution < 1.29 is 23.5 Å². The quantitative estimate of drug-likeness (QED) is 0.284. The van der Waals surface area contributed by atoms with Crippen LogP contribution in [0.25, 0.3) is 0 Å². The highest BCUT2D eigenvalue weighted by Gasteiger charge is 2.11. The van der Waals surface area contributed by atoms with E-state index in [9.17, 15) is 14.0 Å². The number of hydrogen-bond acceptors (Lipinski definition) is 4. The number of hydrogen-bond donors (Lipinski definition) is 0. The van der Waals surface area contributed by atoms with Gasteiger partial charge in [0.25, 0.3) is 0 Å². The lowest BCUT2D eigenvalue weighted by Crippen LogP contribution is -2.09. The van der Waals surface area contributed by atoms with Crippen LogP contribution in [-0.4, -0.2) is 18.5 Å². The predicted molar refractivity (Wildman–Crippen MR) is 104 cm³/mol. The van der Waals surface area contributed by atoms with E-state index >= 15 is 0 Å². The van der Waals surface area contributed by atoms with Crippen LogP contribution in [0, 0.1) is 5.82 Å². The molecule has 0 fully saturated rings. The molecule has 152 valence electrons. The maximum atomic E-state index is 13.6. The lowest BCUT2D eigenvalue weighted by molar-refractivity contribution is -0.146. The second-order valence-electron chi connectivity index (χ2n) is 6.56. The zero-order valence-electron chi connectivity index (χ0n) is 16.1. The summed E-state index contributed by atoms with van der Waals surface area (Å²) in [6.45, 7) is 2.41. The first kappa shape index (κ1) is 23.4. The molecule has 1 rings (SSSR count). The molecule has 0 bridgehead atoms. The Kier molecular flexibility index (Phi) is 12.5. The van der Waals surface area contributed by atoms with Gasteiger partial charge in [-0.25, -0.2) is 4.39 Å². The molecule has 1 aromatic carbocycles. The first-order chi connectivity index (χ1) is 13.0. The Morgan fingerprint density at radius 2 is 1.56 bits per heavy atom. The number of esters is 2. The number of rotatable bonds is 14. The van der Waals surface area contributed by atoms with Crippen LogP contribution in [0.15, 0.2) is 18.2 Å². The maximum absolute atomic E-state index is 13.6. The van der Waals surface area contributed by atoms with Gasteiger partial charge in [0.05, 0.1) is 11.6 Å². The Morgan fingerprint density at radius 1 is 0.926 bits per heavy atom. The molecular formula is C21H30ClFO4. The Balaban J connectivity index is 2.04. The molecule has 0 N–H and O–H groups in total. The summed E-state index contributed by atoms with van der Waals surface area (Å²) in [5.41, 5.74) is 0.154. The number of halogens is 2. The largest absolute Gasteiger partial charge is 0.466 e. The number of carbonyl (C=O) groups is 2. The van der Waals surface area contributed by atoms with Gasteiger partial charge in [-0.05, 0) is 25.0 Å². The minimum Gasteiger partial charge on any atom is -0.466 e. The van der Waals surface area contributed by atoms with E-state index in [1.165, 1.54) is 50.3 Å². The molecule has 0 aliphatic heterocycles. The van der Waals surface area contributed by atoms with Crippen LogP contribution >= 0.6 is 11.6 Å². The van der Waals surface area contributed by atoms with Crippen molar-refractivity contribution in [3.8, 4) is 0 Å². The van der Waals surface area contributed by atoms with E-state index in [4.69, 9.17) is 21.1 Å². The maximum Gasteiger partial charge on any atom is 0.306 e. The molecule has 0 saturated carbocycles. The average molecular weight is 401 g/mol. The molecule has 6 heteroatoms. The number of carbonyl (C=O) groups excluding carboxylic acids is 2. The molecule has 1 aromatic rings. The lowest BCUT2D eigenvalue weighted by Gasteiger charge is -2.08. The summed E-state index contributed by atoms with van der Waals surface area (Å²) in [5, 5.41) is 0.219. The molecule has 0 radical (unpaired) electrons. The zero-order valence-corrected chi connectivity index (χ0v) is 16.9. The fraction of sp³-hybridized carbons (Fsp3) is 0.619. The summed E-state index contributed by atoms with van der Waals surface area (Å²) < 4.78 is 23.7. The van der Waals surface area contributed by atoms with E-state index in [1.807, 2.05) is 0 Å². The van der Waals surface area contributed by atoms with Crippen molar-refractivity contribution in [3.63, 3.8) is 0 Å². The minimum absolute atomic E-state index is 0.0819. The molecule has 0 aliphatic rings. The Hall–Kier alpha value is -1.62. The van der Waals surface area contributed by atoms with Crippen molar-refractivity contribution in [3.05, 3.63) is 34.6 Å². The fourth-order valence-corrected chi connectivity index (χ4v) is 2.81. The van der Waals surface area contributed by atoms with Gasteiger partial charge in [-0.3, -0.25) is 9.59 Å². The van der Waals surface area contributed by atoms with E-state index in [0.29, 0.717) is 13.0 Å². The van der Waals surface area contributed by atoms with E-state index in [-0.39, 0.29) is 36.0 Å². The van der Waals surface area contributed by atoms with E-state index < -0.39 is 11.8 Å². The smallest absolute Gasteiger partial charge is 0.306 e. The SMILES string of the molecule is CCCCCCCCCOC(=O)CCCC(=O)OCc1c(F)cccc1Cl. The topological polar surface area (TPSA) is 52.6 Å². The predicted octanol–water partition coefficient (Wildman–Crippen LogP) is 5.99. The van der Waals surface area contributed by atoms with Gasteiger partial charge in [-0.15, -0.1) is 0 Å². The molecule has 0 heterocycles. The van der Waals surface area contributed by atoms with Crippen LogP contribution in [0.5, 0.6) is 0 Å². The highest BCUT2D eigenvalue weighted by molar-refractivity contribution is 6.31. The van der Waals surface area contributed by atoms with Crippen molar-refractivity contribution >= 4 is 23.5 Å². The molecule has 4 nitrogen and oxygen atoms in total. The molecule has 0 atom stereocenters. The van der Waals surface area contributed by atoms with Crippen molar-refractivity contribution in [2.75, 3.05) is 6.61 Å². The van der Waals surface area contributed by atoms with E-state index in [1.54, 1.807) is 0 Å². The first-order valence-corrected chi connectivity index (χ1v) is 10.2. The van der Waals surface area contributed by atoms with Crippen molar-refractivity contribution in [1.29, 1.82) is 0 Å². The highest BCUT2D eigenvalue weighted by atomic mass is 35.5. The van der Waals surface area contributed by atoms with Gasteiger partial charge in [0.2, 0.25) is 0 Å². The van der Waals surface area contributed by atoms with Crippen LogP contribution in [-0.2, 0) is 25.7 Å². The van der Waals surface area contributed by atoms with E-state index in [0.717, 1.165) is 12.8 Å². The van der Waals surface area contributed by atoms with Crippen LogP contribution in [0.4, 0.5) is 4.39 Å². The third-order valence-corrected chi connectivity index (χ3v) is 4.57. The lowest BCUT2D eigenvalue weighted by atomic mass is 10.1. The van der Waals surface area contributed by atoms with Gasteiger partial charge >= 0.3 is 11.9 Å². The summed E-state index contributed by atoms with van der Waals surface area (Å²) in [6, 6.07) is 4.28. The zero-order chi connectivity index (χ0) is 19.9. The molecule has 0 aromatic heterocycles. The second kappa shape index (κ2) is 14.4. The molecule has 0 spiro atoms. The Bertz CT molecular complexity index is 557. The van der Waals surface area contributed by atoms with Crippen LogP contribution in [0.2, 0.25) is 5.02 Å². The highest BCUT2D eigenvalue weighted by Crippen LogP contribution is 2.20. The molecule has 0 saturated heterocycles. The third-order valence-electron chi connectivity index (χ3n) is 4.21. The number of ether oxygens (including phenoxy) is 2. The average Bonchev–Trinajstić information content (AvgIpc) is 2.63. The van der Waals surface area contributed by atoms with Crippen molar-refractivity contribution in [2.45, 2.75) is 77.7 Å². The second-order valence-corrected chi connectivity index (χ2v) is 6.96. The number of benzene rings is 1. The number of unbranched alkanes of at least 4 members (excludes halogenated alkanes) is 6. The van der Waals surface area contributed by atoms with Gasteiger partial charge in [-0.1, -0.05) is 63.1 Å². The Morgan fingerprint density at radius 3 is 2.22 bits per heavy atom. The monoisotopic (exact) mass is 400 g/mol. The molecule has 0 aliphatic carbocycles. The normalized spacial score (nSPS) is 10.6. The van der Waals surface area contributed by atoms with Crippen molar-refractivity contribution in [2.24, 2.45) is 0 Å². The minimum atomic E-state index is -0.510. The Labute approximate surface area is 166 Å². The van der Waals surface area contributed by atoms with E-state index in [2.05, 4.69) is 6.92 Å². The van der Waals surface area contributed by atoms with Gasteiger partial charge in [-0.2, -0.15) is 0 Å². The molecule has 27 heavy (non-hydrogen) atoms. The van der Waals surface area contributed by atoms with Crippen LogP contribution in [0.1, 0.15) is 76.7 Å². The van der Waals surface area contributed by atoms with Gasteiger partial charge in [0, 0.05) is 18.4 Å². The summed E-state index contributed by atoms with van der Waals surface area (Å²) >= 11 is 5.87. The van der Waals surface area contributed by atoms with Gasteiger partial charge < -0.3 is 9.47 Å². The molecular weight excluding hydrogens is 371 g/mol. The molecule has 0 amide bonds. The summed E-state index contributed by atoms with van der Waals surface area (Å²) in [6.07, 6.45) is 8.76. The molecule has 0 unspecified atom stereocenters. The summed E-state index contributed by atoms with van der Waals surface area (Å²) in [7, 11) is 0. The third kappa shape index (κ3) is 11.0. The first-order valence-electron chi connectivity index (χ1n) is 9.78. The summed E-state index contributed by atoms with van der Waals surface area (Å²) in [4.78, 5) is 23.3. The van der Waals surface area contributed by atoms with Crippen LogP contribution < -0.4 is 0 Å². The van der Waals surface area contributed by atoms with Gasteiger partial charge in [0.15, 0.2) is 0 Å². The van der Waals surface area contributed by atoms with Crippen LogP contribution in [0.3, 0.4) is 0 Å².